The summed E-state index contributed by atoms with van der Waals surface area (Å²) in [6.45, 7) is 6.27. The fourth-order valence-electron chi connectivity index (χ4n) is 2.46. The molecule has 1 saturated heterocycles. The second-order valence-electron chi connectivity index (χ2n) is 4.57. The van der Waals surface area contributed by atoms with Crippen LogP contribution in [0.25, 0.3) is 0 Å². The van der Waals surface area contributed by atoms with Gasteiger partial charge >= 0.3 is 0 Å². The molecule has 4 nitrogen and oxygen atoms in total. The first-order valence-electron chi connectivity index (χ1n) is 5.53. The number of anilines is 1. The molecule has 1 aliphatic rings. The lowest BCUT2D eigenvalue weighted by Gasteiger charge is -2.31. The molecular weight excluding hydrogens is 190 g/mol. The van der Waals surface area contributed by atoms with Gasteiger partial charge < -0.3 is 10.5 Å². The van der Waals surface area contributed by atoms with Crippen molar-refractivity contribution in [3.8, 4) is 0 Å². The lowest BCUT2D eigenvalue weighted by Crippen LogP contribution is -2.28. The Balaban J connectivity index is 2.20. The molecule has 1 fully saturated rings. The van der Waals surface area contributed by atoms with Gasteiger partial charge in [0.1, 0.15) is 5.82 Å². The SMILES string of the molecule is Cc1c(N)n[nH]c1C1CC(C)OC(C)C1. The number of hydrogen-bond acceptors (Lipinski definition) is 3. The molecule has 0 aliphatic carbocycles. The van der Waals surface area contributed by atoms with Crippen LogP contribution in [0.3, 0.4) is 0 Å². The molecule has 1 aliphatic heterocycles. The molecule has 1 aromatic rings. The van der Waals surface area contributed by atoms with Crippen LogP contribution in [0.1, 0.15) is 43.9 Å². The van der Waals surface area contributed by atoms with Crippen molar-refractivity contribution in [3.05, 3.63) is 11.3 Å². The van der Waals surface area contributed by atoms with Crippen molar-refractivity contribution in [1.82, 2.24) is 10.2 Å². The Labute approximate surface area is 90.2 Å². The Morgan fingerprint density at radius 2 is 1.93 bits per heavy atom. The standard InChI is InChI=1S/C11H19N3O/c1-6-4-9(5-7(2)15-6)10-8(3)11(12)14-13-10/h6-7,9H,4-5H2,1-3H3,(H3,12,13,14). The summed E-state index contributed by atoms with van der Waals surface area (Å²) in [6, 6.07) is 0. The second-order valence-corrected chi connectivity index (χ2v) is 4.57. The van der Waals surface area contributed by atoms with E-state index in [-0.39, 0.29) is 0 Å². The lowest BCUT2D eigenvalue weighted by atomic mass is 9.88. The third-order valence-electron chi connectivity index (χ3n) is 3.19. The van der Waals surface area contributed by atoms with Crippen molar-refractivity contribution >= 4 is 5.82 Å². The van der Waals surface area contributed by atoms with Gasteiger partial charge in [-0.2, -0.15) is 5.10 Å². The molecule has 4 heteroatoms. The van der Waals surface area contributed by atoms with Crippen molar-refractivity contribution in [3.63, 3.8) is 0 Å². The summed E-state index contributed by atoms with van der Waals surface area (Å²) in [5.41, 5.74) is 8.03. The minimum absolute atomic E-state index is 0.322. The molecule has 0 amide bonds. The van der Waals surface area contributed by atoms with Gasteiger partial charge in [0, 0.05) is 17.2 Å². The van der Waals surface area contributed by atoms with E-state index < -0.39 is 0 Å². The largest absolute Gasteiger partial charge is 0.382 e. The third-order valence-corrected chi connectivity index (χ3v) is 3.19. The maximum atomic E-state index is 5.74. The number of nitrogen functional groups attached to an aromatic ring is 1. The summed E-state index contributed by atoms with van der Waals surface area (Å²) in [5.74, 6) is 1.13. The van der Waals surface area contributed by atoms with Gasteiger partial charge in [-0.15, -0.1) is 0 Å². The zero-order chi connectivity index (χ0) is 11.0. The fourth-order valence-corrected chi connectivity index (χ4v) is 2.46. The summed E-state index contributed by atoms with van der Waals surface area (Å²) in [6.07, 6.45) is 2.74. The normalized spacial score (nSPS) is 31.8. The zero-order valence-corrected chi connectivity index (χ0v) is 9.58. The van der Waals surface area contributed by atoms with E-state index in [2.05, 4.69) is 24.0 Å². The number of nitrogens with two attached hydrogens (primary N) is 1. The van der Waals surface area contributed by atoms with Crippen LogP contribution in [0, 0.1) is 6.92 Å². The lowest BCUT2D eigenvalue weighted by molar-refractivity contribution is -0.0386. The third kappa shape index (κ3) is 2.00. The van der Waals surface area contributed by atoms with Crippen molar-refractivity contribution in [2.24, 2.45) is 0 Å². The molecule has 2 heterocycles. The molecule has 0 saturated carbocycles. The van der Waals surface area contributed by atoms with Crippen LogP contribution in [0.15, 0.2) is 0 Å². The van der Waals surface area contributed by atoms with E-state index in [4.69, 9.17) is 10.5 Å². The molecule has 15 heavy (non-hydrogen) atoms. The van der Waals surface area contributed by atoms with Crippen molar-refractivity contribution in [2.75, 3.05) is 5.73 Å². The maximum Gasteiger partial charge on any atom is 0.148 e. The number of nitrogens with zero attached hydrogens (tertiary/aromatic N) is 1. The predicted octanol–water partition coefficient (Wildman–Crippen LogP) is 1.97. The summed E-state index contributed by atoms with van der Waals surface area (Å²) >= 11 is 0. The van der Waals surface area contributed by atoms with Gasteiger partial charge in [0.15, 0.2) is 0 Å². The first kappa shape index (κ1) is 10.5. The highest BCUT2D eigenvalue weighted by molar-refractivity contribution is 5.42. The minimum Gasteiger partial charge on any atom is -0.382 e. The molecule has 0 aromatic carbocycles. The molecule has 2 atom stereocenters. The highest BCUT2D eigenvalue weighted by Crippen LogP contribution is 2.34. The second kappa shape index (κ2) is 3.85. The number of hydrogen-bond donors (Lipinski definition) is 2. The van der Waals surface area contributed by atoms with E-state index >= 15 is 0 Å². The molecule has 0 radical (unpaired) electrons. The number of H-pyrrole nitrogens is 1. The smallest absolute Gasteiger partial charge is 0.148 e. The Hall–Kier alpha value is -1.03. The van der Waals surface area contributed by atoms with Gasteiger partial charge in [-0.1, -0.05) is 0 Å². The molecule has 1 aromatic heterocycles. The molecule has 0 spiro atoms. The molecule has 2 rings (SSSR count). The van der Waals surface area contributed by atoms with Gasteiger partial charge in [-0.25, -0.2) is 0 Å². The molecule has 0 bridgehead atoms. The predicted molar refractivity (Wildman–Crippen MR) is 59.7 cm³/mol. The van der Waals surface area contributed by atoms with Crippen LogP contribution >= 0.6 is 0 Å². The zero-order valence-electron chi connectivity index (χ0n) is 9.58. The molecule has 84 valence electrons. The van der Waals surface area contributed by atoms with Crippen LogP contribution in [0.5, 0.6) is 0 Å². The Morgan fingerprint density at radius 1 is 1.33 bits per heavy atom. The van der Waals surface area contributed by atoms with Gasteiger partial charge in [0.05, 0.1) is 12.2 Å². The molecule has 2 unspecified atom stereocenters. The summed E-state index contributed by atoms with van der Waals surface area (Å²) < 4.78 is 5.72. The van der Waals surface area contributed by atoms with Gasteiger partial charge in [0.25, 0.3) is 0 Å². The van der Waals surface area contributed by atoms with Crippen molar-refractivity contribution in [1.29, 1.82) is 0 Å². The Bertz CT molecular complexity index is 338. The number of aromatic amines is 1. The summed E-state index contributed by atoms with van der Waals surface area (Å²) in [7, 11) is 0. The fraction of sp³-hybridized carbons (Fsp3) is 0.727. The van der Waals surface area contributed by atoms with Crippen LogP contribution in [0.4, 0.5) is 5.82 Å². The van der Waals surface area contributed by atoms with E-state index in [0.717, 1.165) is 18.4 Å². The van der Waals surface area contributed by atoms with E-state index in [0.29, 0.717) is 23.9 Å². The van der Waals surface area contributed by atoms with Gasteiger partial charge in [-0.3, -0.25) is 5.10 Å². The number of rotatable bonds is 1. The highest BCUT2D eigenvalue weighted by atomic mass is 16.5. The van der Waals surface area contributed by atoms with Gasteiger partial charge in [-0.05, 0) is 33.6 Å². The number of aromatic nitrogens is 2. The van der Waals surface area contributed by atoms with Crippen LogP contribution in [-0.4, -0.2) is 22.4 Å². The van der Waals surface area contributed by atoms with E-state index in [1.807, 2.05) is 6.92 Å². The van der Waals surface area contributed by atoms with Crippen LogP contribution in [-0.2, 0) is 4.74 Å². The summed E-state index contributed by atoms with van der Waals surface area (Å²) in [4.78, 5) is 0. The number of ether oxygens (including phenoxy) is 1. The van der Waals surface area contributed by atoms with Crippen molar-refractivity contribution < 1.29 is 4.74 Å². The van der Waals surface area contributed by atoms with Crippen LogP contribution < -0.4 is 5.73 Å². The van der Waals surface area contributed by atoms with E-state index in [1.165, 1.54) is 5.69 Å². The average molecular weight is 209 g/mol. The first-order chi connectivity index (χ1) is 7.08. The molecular formula is C11H19N3O. The quantitative estimate of drug-likeness (QED) is 0.743. The van der Waals surface area contributed by atoms with E-state index in [1.54, 1.807) is 0 Å². The van der Waals surface area contributed by atoms with Crippen molar-refractivity contribution in [2.45, 2.75) is 51.7 Å². The first-order valence-corrected chi connectivity index (χ1v) is 5.53. The number of nitrogens with one attached hydrogen (secondary N) is 1. The topological polar surface area (TPSA) is 63.9 Å². The summed E-state index contributed by atoms with van der Waals surface area (Å²) in [5, 5.41) is 7.11. The van der Waals surface area contributed by atoms with E-state index in [9.17, 15) is 0 Å². The Kier molecular flexibility index (Phi) is 2.69. The average Bonchev–Trinajstić information content (AvgIpc) is 2.46. The minimum atomic E-state index is 0.322. The van der Waals surface area contributed by atoms with Crippen LogP contribution in [0.2, 0.25) is 0 Å². The highest BCUT2D eigenvalue weighted by Gasteiger charge is 2.28. The Morgan fingerprint density at radius 3 is 2.40 bits per heavy atom. The monoisotopic (exact) mass is 209 g/mol. The molecule has 3 N–H and O–H groups in total. The maximum absolute atomic E-state index is 5.74. The van der Waals surface area contributed by atoms with Gasteiger partial charge in [0.2, 0.25) is 0 Å².